The Balaban J connectivity index is 1.11. The molecule has 10 aromatic rings. The van der Waals surface area contributed by atoms with Gasteiger partial charge in [0, 0.05) is 42.3 Å². The lowest BCUT2D eigenvalue weighted by Gasteiger charge is -2.28. The van der Waals surface area contributed by atoms with Crippen LogP contribution in [0.2, 0.25) is 0 Å². The topological polar surface area (TPSA) is 25.8 Å². The molecule has 0 saturated carbocycles. The predicted molar refractivity (Wildman–Crippen MR) is 240 cm³/mol. The maximum atomic E-state index is 5.34. The Labute approximate surface area is 336 Å². The number of benzene rings is 8. The summed E-state index contributed by atoms with van der Waals surface area (Å²) < 4.78 is 2.58. The van der Waals surface area contributed by atoms with E-state index in [0.717, 1.165) is 44.8 Å². The van der Waals surface area contributed by atoms with Crippen LogP contribution in [0.4, 0.5) is 0 Å². The highest BCUT2D eigenvalue weighted by molar-refractivity contribution is 7.25. The molecule has 2 aromatic heterocycles. The van der Waals surface area contributed by atoms with Gasteiger partial charge >= 0.3 is 0 Å². The molecule has 0 spiro atoms. The average molecular weight is 745 g/mol. The normalized spacial score (nSPS) is 14.5. The highest BCUT2D eigenvalue weighted by Gasteiger charge is 2.40. The van der Waals surface area contributed by atoms with Gasteiger partial charge in [-0.1, -0.05) is 176 Å². The summed E-state index contributed by atoms with van der Waals surface area (Å²) in [6, 6.07) is 72.2. The van der Waals surface area contributed by atoms with Crippen LogP contribution in [-0.2, 0) is 5.41 Å². The van der Waals surface area contributed by atoms with Crippen LogP contribution in [0.15, 0.2) is 200 Å². The zero-order chi connectivity index (χ0) is 37.9. The fourth-order valence-corrected chi connectivity index (χ4v) is 10.2. The van der Waals surface area contributed by atoms with Crippen molar-refractivity contribution in [3.8, 4) is 67.3 Å². The molecule has 268 valence electrons. The molecular weight excluding hydrogens is 709 g/mol. The SMILES string of the molecule is CC1(c2ccccc2)c2ccccc2-c2ccc(-c3ccccc3-c3cc(-c4ccccc4-c4cccc5sc6ccccc6c45)nc(-c4ccccc4)n3)cc21. The maximum Gasteiger partial charge on any atom is 0.160 e. The molecule has 0 saturated heterocycles. The molecule has 0 N–H and O–H groups in total. The van der Waals surface area contributed by atoms with Crippen molar-refractivity contribution in [1.82, 2.24) is 9.97 Å². The molecule has 0 bridgehead atoms. The minimum absolute atomic E-state index is 0.291. The van der Waals surface area contributed by atoms with E-state index >= 15 is 0 Å². The lowest BCUT2D eigenvalue weighted by molar-refractivity contribution is 0.714. The summed E-state index contributed by atoms with van der Waals surface area (Å²) in [6.45, 7) is 2.38. The van der Waals surface area contributed by atoms with Crippen LogP contribution >= 0.6 is 11.3 Å². The third-order valence-electron chi connectivity index (χ3n) is 11.8. The monoisotopic (exact) mass is 744 g/mol. The molecule has 0 fully saturated rings. The van der Waals surface area contributed by atoms with Crippen molar-refractivity contribution < 1.29 is 0 Å². The Hall–Kier alpha value is -6.94. The number of hydrogen-bond donors (Lipinski definition) is 0. The maximum absolute atomic E-state index is 5.34. The molecule has 1 atom stereocenters. The zero-order valence-electron chi connectivity index (χ0n) is 31.4. The second kappa shape index (κ2) is 13.4. The van der Waals surface area contributed by atoms with Gasteiger partial charge < -0.3 is 0 Å². The molecule has 8 aromatic carbocycles. The summed E-state index contributed by atoms with van der Waals surface area (Å²) in [5, 5.41) is 2.57. The van der Waals surface area contributed by atoms with E-state index in [1.807, 2.05) is 17.4 Å². The molecule has 0 amide bonds. The van der Waals surface area contributed by atoms with Crippen molar-refractivity contribution >= 4 is 31.5 Å². The molecule has 0 radical (unpaired) electrons. The highest BCUT2D eigenvalue weighted by Crippen LogP contribution is 2.53. The number of fused-ring (bicyclic) bond motifs is 6. The Kier molecular flexibility index (Phi) is 7.84. The Morgan fingerprint density at radius 1 is 0.386 bits per heavy atom. The largest absolute Gasteiger partial charge is 0.228 e. The fourth-order valence-electron chi connectivity index (χ4n) is 9.08. The second-order valence-corrected chi connectivity index (χ2v) is 16.1. The Bertz CT molecular complexity index is 3140. The van der Waals surface area contributed by atoms with Crippen molar-refractivity contribution in [1.29, 1.82) is 0 Å². The van der Waals surface area contributed by atoms with E-state index in [2.05, 4.69) is 201 Å². The summed E-state index contributed by atoms with van der Waals surface area (Å²) in [5.41, 5.74) is 15.8. The fraction of sp³-hybridized carbons (Fsp3) is 0.0370. The van der Waals surface area contributed by atoms with Crippen LogP contribution in [-0.4, -0.2) is 9.97 Å². The molecule has 2 heterocycles. The third kappa shape index (κ3) is 5.38. The average Bonchev–Trinajstić information content (AvgIpc) is 3.80. The zero-order valence-corrected chi connectivity index (χ0v) is 32.2. The summed E-state index contributed by atoms with van der Waals surface area (Å²) >= 11 is 1.85. The summed E-state index contributed by atoms with van der Waals surface area (Å²) in [5.74, 6) is 0.702. The first kappa shape index (κ1) is 33.4. The lowest BCUT2D eigenvalue weighted by atomic mass is 9.74. The van der Waals surface area contributed by atoms with Gasteiger partial charge in [0.05, 0.1) is 11.4 Å². The minimum atomic E-state index is -0.291. The van der Waals surface area contributed by atoms with Gasteiger partial charge in [-0.2, -0.15) is 0 Å². The number of rotatable bonds is 6. The van der Waals surface area contributed by atoms with E-state index in [9.17, 15) is 0 Å². The van der Waals surface area contributed by atoms with E-state index in [0.29, 0.717) is 5.82 Å². The van der Waals surface area contributed by atoms with E-state index in [-0.39, 0.29) is 5.41 Å². The van der Waals surface area contributed by atoms with Crippen LogP contribution in [0, 0.1) is 0 Å². The minimum Gasteiger partial charge on any atom is -0.228 e. The molecular formula is C54H36N2S. The van der Waals surface area contributed by atoms with Gasteiger partial charge in [-0.3, -0.25) is 0 Å². The first-order chi connectivity index (χ1) is 28.1. The van der Waals surface area contributed by atoms with E-state index in [1.54, 1.807) is 0 Å². The van der Waals surface area contributed by atoms with Crippen molar-refractivity contribution in [2.45, 2.75) is 12.3 Å². The first-order valence-corrected chi connectivity index (χ1v) is 20.3. The third-order valence-corrected chi connectivity index (χ3v) is 13.0. The quantitative estimate of drug-likeness (QED) is 0.169. The summed E-state index contributed by atoms with van der Waals surface area (Å²) in [4.78, 5) is 10.7. The number of hydrogen-bond acceptors (Lipinski definition) is 3. The number of thiophene rings is 1. The van der Waals surface area contributed by atoms with Crippen molar-refractivity contribution in [2.24, 2.45) is 0 Å². The van der Waals surface area contributed by atoms with E-state index in [1.165, 1.54) is 53.6 Å². The van der Waals surface area contributed by atoms with Crippen molar-refractivity contribution in [3.63, 3.8) is 0 Å². The molecule has 1 aliphatic carbocycles. The van der Waals surface area contributed by atoms with E-state index < -0.39 is 0 Å². The molecule has 2 nitrogen and oxygen atoms in total. The van der Waals surface area contributed by atoms with Crippen LogP contribution in [0.1, 0.15) is 23.6 Å². The molecule has 0 aliphatic heterocycles. The van der Waals surface area contributed by atoms with Gasteiger partial charge in [0.25, 0.3) is 0 Å². The standard InChI is InChI=1S/C54H36N2S/c1-54(37-19-6-3-7-20-37)46-28-14-12-23-40(46)41-32-31-36(33-47(41)54)38-21-8-10-24-42(38)48-34-49(56-53(55-48)35-17-4-2-5-18-35)43-25-11-9-22-39(43)44-27-16-30-51-52(44)45-26-13-15-29-50(45)57-51/h2-34H,1H3. The van der Waals surface area contributed by atoms with Gasteiger partial charge in [-0.25, -0.2) is 9.97 Å². The first-order valence-electron chi connectivity index (χ1n) is 19.5. The molecule has 3 heteroatoms. The van der Waals surface area contributed by atoms with Gasteiger partial charge in [-0.05, 0) is 81.3 Å². The molecule has 57 heavy (non-hydrogen) atoms. The molecule has 11 rings (SSSR count). The predicted octanol–water partition coefficient (Wildman–Crippen LogP) is 14.5. The van der Waals surface area contributed by atoms with Crippen LogP contribution in [0.5, 0.6) is 0 Å². The number of nitrogens with zero attached hydrogens (tertiary/aromatic N) is 2. The Morgan fingerprint density at radius 2 is 0.947 bits per heavy atom. The van der Waals surface area contributed by atoms with Crippen molar-refractivity contribution in [2.75, 3.05) is 0 Å². The Morgan fingerprint density at radius 3 is 1.72 bits per heavy atom. The summed E-state index contributed by atoms with van der Waals surface area (Å²) in [6.07, 6.45) is 0. The van der Waals surface area contributed by atoms with Crippen molar-refractivity contribution in [3.05, 3.63) is 217 Å². The van der Waals surface area contributed by atoms with Crippen LogP contribution in [0.25, 0.3) is 87.5 Å². The highest BCUT2D eigenvalue weighted by atomic mass is 32.1. The second-order valence-electron chi connectivity index (χ2n) is 15.0. The van der Waals surface area contributed by atoms with Gasteiger partial charge in [0.1, 0.15) is 0 Å². The van der Waals surface area contributed by atoms with Crippen LogP contribution < -0.4 is 0 Å². The van der Waals surface area contributed by atoms with E-state index in [4.69, 9.17) is 9.97 Å². The molecule has 1 aliphatic rings. The van der Waals surface area contributed by atoms with Gasteiger partial charge in [0.15, 0.2) is 5.82 Å². The number of aromatic nitrogens is 2. The smallest absolute Gasteiger partial charge is 0.160 e. The lowest BCUT2D eigenvalue weighted by Crippen LogP contribution is -2.22. The van der Waals surface area contributed by atoms with Crippen LogP contribution in [0.3, 0.4) is 0 Å². The van der Waals surface area contributed by atoms with Gasteiger partial charge in [-0.15, -0.1) is 11.3 Å². The van der Waals surface area contributed by atoms with Gasteiger partial charge in [0.2, 0.25) is 0 Å². The molecule has 1 unspecified atom stereocenters. The summed E-state index contributed by atoms with van der Waals surface area (Å²) in [7, 11) is 0.